The van der Waals surface area contributed by atoms with Crippen LogP contribution in [0.4, 0.5) is 19.1 Å². The van der Waals surface area contributed by atoms with Crippen molar-refractivity contribution < 1.29 is 18.3 Å². The van der Waals surface area contributed by atoms with Crippen molar-refractivity contribution in [3.05, 3.63) is 54.0 Å². The molecule has 2 heterocycles. The van der Waals surface area contributed by atoms with E-state index in [4.69, 9.17) is 5.73 Å². The monoisotopic (exact) mass is 346 g/mol. The number of nitrogen functional groups attached to an aromatic ring is 1. The molecule has 0 aliphatic rings. The van der Waals surface area contributed by atoms with Gasteiger partial charge in [-0.25, -0.2) is 9.97 Å². The van der Waals surface area contributed by atoms with Gasteiger partial charge in [0, 0.05) is 22.9 Å². The summed E-state index contributed by atoms with van der Waals surface area (Å²) in [4.78, 5) is 12.1. The second-order valence-electron chi connectivity index (χ2n) is 5.40. The lowest BCUT2D eigenvalue weighted by Gasteiger charge is -2.14. The topological polar surface area (TPSA) is 84.9 Å². The molecule has 0 unspecified atom stereocenters. The van der Waals surface area contributed by atoms with Gasteiger partial charge in [-0.1, -0.05) is 12.1 Å². The first-order valence-corrected chi connectivity index (χ1v) is 7.22. The highest BCUT2D eigenvalue weighted by Crippen LogP contribution is 2.37. The van der Waals surface area contributed by atoms with Crippen LogP contribution < -0.4 is 5.73 Å². The number of benzene rings is 1. The van der Waals surface area contributed by atoms with E-state index in [0.717, 1.165) is 12.1 Å². The van der Waals surface area contributed by atoms with Crippen LogP contribution in [-0.4, -0.2) is 20.1 Å². The number of anilines is 1. The number of hydrogen-bond acceptors (Lipinski definition) is 5. The van der Waals surface area contributed by atoms with E-state index in [0.29, 0.717) is 16.8 Å². The number of alkyl halides is 3. The largest absolute Gasteiger partial charge is 0.506 e. The zero-order chi connectivity index (χ0) is 18.2. The van der Waals surface area contributed by atoms with Gasteiger partial charge in [0.15, 0.2) is 0 Å². The molecular weight excluding hydrogens is 333 g/mol. The minimum absolute atomic E-state index is 0.0539. The van der Waals surface area contributed by atoms with Crippen LogP contribution in [0.3, 0.4) is 0 Å². The fourth-order valence-electron chi connectivity index (χ4n) is 2.56. The van der Waals surface area contributed by atoms with Crippen molar-refractivity contribution in [1.82, 2.24) is 15.0 Å². The number of pyridine rings is 1. The van der Waals surface area contributed by atoms with Crippen LogP contribution in [0.5, 0.6) is 5.75 Å². The van der Waals surface area contributed by atoms with E-state index in [1.807, 2.05) is 0 Å². The number of nitrogens with zero attached hydrogens (tertiary/aromatic N) is 3. The van der Waals surface area contributed by atoms with Gasteiger partial charge in [-0.2, -0.15) is 13.2 Å². The van der Waals surface area contributed by atoms with Gasteiger partial charge < -0.3 is 10.8 Å². The van der Waals surface area contributed by atoms with Crippen molar-refractivity contribution in [1.29, 1.82) is 0 Å². The third kappa shape index (κ3) is 3.37. The molecule has 0 aliphatic heterocycles. The SMILES string of the molecule is Cc1nc(N)nc(-c2cccc(C(F)(F)F)c2)c1-c1cncc(O)c1. The Bertz CT molecular complexity index is 941. The van der Waals surface area contributed by atoms with Crippen LogP contribution in [0.2, 0.25) is 0 Å². The first-order chi connectivity index (χ1) is 11.8. The zero-order valence-corrected chi connectivity index (χ0v) is 13.0. The molecule has 8 heteroatoms. The van der Waals surface area contributed by atoms with Gasteiger partial charge in [-0.05, 0) is 25.1 Å². The van der Waals surface area contributed by atoms with Crippen molar-refractivity contribution in [2.24, 2.45) is 0 Å². The average Bonchev–Trinajstić information content (AvgIpc) is 2.53. The maximum Gasteiger partial charge on any atom is 0.416 e. The molecular formula is C17H13F3N4O. The Hall–Kier alpha value is -3.16. The first-order valence-electron chi connectivity index (χ1n) is 7.22. The highest BCUT2D eigenvalue weighted by atomic mass is 19.4. The minimum atomic E-state index is -4.48. The predicted octanol–water partition coefficient (Wildman–Crippen LogP) is 3.82. The highest BCUT2D eigenvalue weighted by molar-refractivity contribution is 5.83. The molecule has 0 fully saturated rings. The molecule has 2 aromatic heterocycles. The zero-order valence-electron chi connectivity index (χ0n) is 13.0. The van der Waals surface area contributed by atoms with Gasteiger partial charge in [0.1, 0.15) is 5.75 Å². The van der Waals surface area contributed by atoms with E-state index in [1.54, 1.807) is 6.92 Å². The number of aromatic hydroxyl groups is 1. The highest BCUT2D eigenvalue weighted by Gasteiger charge is 2.31. The Kier molecular flexibility index (Phi) is 4.03. The van der Waals surface area contributed by atoms with Crippen molar-refractivity contribution in [2.45, 2.75) is 13.1 Å². The Morgan fingerprint density at radius 2 is 1.80 bits per heavy atom. The van der Waals surface area contributed by atoms with E-state index in [2.05, 4.69) is 15.0 Å². The standard InChI is InChI=1S/C17H13F3N4O/c1-9-14(11-6-13(25)8-22-7-11)15(24-16(21)23-9)10-3-2-4-12(5-10)17(18,19)20/h2-8,25H,1H3,(H2,21,23,24). The summed E-state index contributed by atoms with van der Waals surface area (Å²) in [5, 5.41) is 9.66. The molecule has 0 atom stereocenters. The van der Waals surface area contributed by atoms with Crippen LogP contribution in [0.15, 0.2) is 42.7 Å². The number of aromatic nitrogens is 3. The van der Waals surface area contributed by atoms with Gasteiger partial charge in [-0.3, -0.25) is 4.98 Å². The molecule has 128 valence electrons. The van der Waals surface area contributed by atoms with Gasteiger partial charge in [0.2, 0.25) is 5.95 Å². The molecule has 5 nitrogen and oxygen atoms in total. The Morgan fingerprint density at radius 3 is 2.48 bits per heavy atom. The maximum absolute atomic E-state index is 13.0. The normalized spacial score (nSPS) is 11.5. The number of aryl methyl sites for hydroxylation is 1. The molecule has 1 aromatic carbocycles. The molecule has 0 saturated heterocycles. The van der Waals surface area contributed by atoms with Gasteiger partial charge in [-0.15, -0.1) is 0 Å². The number of rotatable bonds is 2. The average molecular weight is 346 g/mol. The van der Waals surface area contributed by atoms with Gasteiger partial charge >= 0.3 is 6.18 Å². The summed E-state index contributed by atoms with van der Waals surface area (Å²) in [6.45, 7) is 1.66. The molecule has 0 saturated carbocycles. The van der Waals surface area contributed by atoms with Crippen LogP contribution in [0.25, 0.3) is 22.4 Å². The predicted molar refractivity (Wildman–Crippen MR) is 86.5 cm³/mol. The van der Waals surface area contributed by atoms with Gasteiger partial charge in [0.05, 0.1) is 23.1 Å². The molecule has 0 bridgehead atoms. The van der Waals surface area contributed by atoms with Gasteiger partial charge in [0.25, 0.3) is 0 Å². The lowest BCUT2D eigenvalue weighted by Crippen LogP contribution is -2.06. The fourth-order valence-corrected chi connectivity index (χ4v) is 2.56. The summed E-state index contributed by atoms with van der Waals surface area (Å²) >= 11 is 0. The second-order valence-corrected chi connectivity index (χ2v) is 5.40. The second kappa shape index (κ2) is 6.04. The van der Waals surface area contributed by atoms with Crippen LogP contribution in [0.1, 0.15) is 11.3 Å². The minimum Gasteiger partial charge on any atom is -0.506 e. The summed E-state index contributed by atoms with van der Waals surface area (Å²) in [5.74, 6) is -0.134. The lowest BCUT2D eigenvalue weighted by atomic mass is 9.98. The Morgan fingerprint density at radius 1 is 1.04 bits per heavy atom. The lowest BCUT2D eigenvalue weighted by molar-refractivity contribution is -0.137. The maximum atomic E-state index is 13.0. The number of hydrogen-bond donors (Lipinski definition) is 2. The smallest absolute Gasteiger partial charge is 0.416 e. The van der Waals surface area contributed by atoms with Crippen LogP contribution >= 0.6 is 0 Å². The Balaban J connectivity index is 2.27. The summed E-state index contributed by atoms with van der Waals surface area (Å²) in [5.41, 5.74) is 6.77. The summed E-state index contributed by atoms with van der Waals surface area (Å²) in [6.07, 6.45) is -1.75. The molecule has 3 aromatic rings. The third-order valence-corrected chi connectivity index (χ3v) is 3.58. The molecule has 0 amide bonds. The molecule has 3 N–H and O–H groups in total. The van der Waals surface area contributed by atoms with E-state index in [9.17, 15) is 18.3 Å². The molecule has 0 aliphatic carbocycles. The molecule has 0 radical (unpaired) electrons. The first kappa shape index (κ1) is 16.7. The van der Waals surface area contributed by atoms with Crippen molar-refractivity contribution >= 4 is 5.95 Å². The Labute approximate surface area is 141 Å². The van der Waals surface area contributed by atoms with Crippen molar-refractivity contribution in [3.63, 3.8) is 0 Å². The van der Waals surface area contributed by atoms with Crippen LogP contribution in [-0.2, 0) is 6.18 Å². The molecule has 25 heavy (non-hydrogen) atoms. The van der Waals surface area contributed by atoms with Crippen molar-refractivity contribution in [2.75, 3.05) is 5.73 Å². The number of nitrogens with two attached hydrogens (primary N) is 1. The number of halogens is 3. The quantitative estimate of drug-likeness (QED) is 0.737. The summed E-state index contributed by atoms with van der Waals surface area (Å²) in [7, 11) is 0. The summed E-state index contributed by atoms with van der Waals surface area (Å²) in [6, 6.07) is 6.23. The van der Waals surface area contributed by atoms with E-state index in [-0.39, 0.29) is 23.0 Å². The van der Waals surface area contributed by atoms with E-state index >= 15 is 0 Å². The van der Waals surface area contributed by atoms with E-state index < -0.39 is 11.7 Å². The third-order valence-electron chi connectivity index (χ3n) is 3.58. The van der Waals surface area contributed by atoms with Crippen LogP contribution in [0, 0.1) is 6.92 Å². The van der Waals surface area contributed by atoms with Crippen molar-refractivity contribution in [3.8, 4) is 28.1 Å². The molecule has 0 spiro atoms. The summed E-state index contributed by atoms with van der Waals surface area (Å²) < 4.78 is 39.1. The van der Waals surface area contributed by atoms with E-state index in [1.165, 1.54) is 30.6 Å². The fraction of sp³-hybridized carbons (Fsp3) is 0.118. The molecule has 3 rings (SSSR count).